The fourth-order valence-electron chi connectivity index (χ4n) is 0.764. The Kier molecular flexibility index (Phi) is 2.59. The zero-order valence-corrected chi connectivity index (χ0v) is 5.65. The average Bonchev–Trinajstić information content (AvgIpc) is 2.15. The molecule has 54 valence electrons. The summed E-state index contributed by atoms with van der Waals surface area (Å²) in [6.45, 7) is 1.17. The maximum absolute atomic E-state index is 9.99. The van der Waals surface area contributed by atoms with Crippen molar-refractivity contribution in [3.05, 3.63) is 0 Å². The molecule has 1 heterocycles. The summed E-state index contributed by atoms with van der Waals surface area (Å²) >= 11 is -2.14. The molecule has 1 saturated heterocycles. The van der Waals surface area contributed by atoms with Gasteiger partial charge in [-0.3, -0.25) is 4.21 Å². The zero-order valence-electron chi connectivity index (χ0n) is 4.83. The summed E-state index contributed by atoms with van der Waals surface area (Å²) in [7, 11) is 0. The second-order valence-electron chi connectivity index (χ2n) is 1.91. The Hall–Kier alpha value is 0.0300. The zero-order chi connectivity index (χ0) is 6.69. The Morgan fingerprint density at radius 1 is 1.78 bits per heavy atom. The van der Waals surface area contributed by atoms with Crippen LogP contribution in [0.3, 0.4) is 0 Å². The van der Waals surface area contributed by atoms with Crippen LogP contribution in [-0.4, -0.2) is 28.0 Å². The van der Waals surface area contributed by atoms with Crippen LogP contribution in [-0.2, 0) is 16.0 Å². The van der Waals surface area contributed by atoms with Crippen molar-refractivity contribution in [1.29, 1.82) is 0 Å². The molecular formula is C4H8NO3S-. The van der Waals surface area contributed by atoms with Crippen LogP contribution in [0.15, 0.2) is 0 Å². The van der Waals surface area contributed by atoms with Gasteiger partial charge in [0.1, 0.15) is 0 Å². The van der Waals surface area contributed by atoms with Gasteiger partial charge in [-0.2, -0.15) is 0 Å². The minimum absolute atomic E-state index is 0.00309. The van der Waals surface area contributed by atoms with E-state index in [2.05, 4.69) is 4.72 Å². The van der Waals surface area contributed by atoms with Gasteiger partial charge < -0.3 is 9.29 Å². The lowest BCUT2D eigenvalue weighted by Gasteiger charge is -2.11. The van der Waals surface area contributed by atoms with Crippen molar-refractivity contribution in [2.24, 2.45) is 0 Å². The summed E-state index contributed by atoms with van der Waals surface area (Å²) < 4.78 is 27.2. The van der Waals surface area contributed by atoms with Gasteiger partial charge in [0, 0.05) is 23.9 Å². The number of nitrogens with one attached hydrogen (secondary N) is 1. The Morgan fingerprint density at radius 2 is 2.56 bits per heavy atom. The largest absolute Gasteiger partial charge is 0.760 e. The molecule has 1 aliphatic heterocycles. The average molecular weight is 150 g/mol. The third kappa shape index (κ3) is 2.40. The van der Waals surface area contributed by atoms with Crippen molar-refractivity contribution in [2.45, 2.75) is 12.5 Å². The molecule has 1 N–H and O–H groups in total. The SMILES string of the molecule is O=S([O-])NC1CCOC1. The number of ether oxygens (including phenoxy) is 1. The van der Waals surface area contributed by atoms with Crippen LogP contribution in [0.4, 0.5) is 0 Å². The summed E-state index contributed by atoms with van der Waals surface area (Å²) in [5.41, 5.74) is 0. The van der Waals surface area contributed by atoms with E-state index in [4.69, 9.17) is 4.74 Å². The maximum atomic E-state index is 9.99. The fourth-order valence-corrected chi connectivity index (χ4v) is 1.22. The van der Waals surface area contributed by atoms with Gasteiger partial charge in [-0.05, 0) is 6.42 Å². The predicted molar refractivity (Wildman–Crippen MR) is 31.3 cm³/mol. The highest BCUT2D eigenvalue weighted by Crippen LogP contribution is 2.02. The summed E-state index contributed by atoms with van der Waals surface area (Å²) in [4.78, 5) is 0. The highest BCUT2D eigenvalue weighted by Gasteiger charge is 2.13. The predicted octanol–water partition coefficient (Wildman–Crippen LogP) is -0.841. The molecule has 2 unspecified atom stereocenters. The molecule has 9 heavy (non-hydrogen) atoms. The molecule has 0 aromatic carbocycles. The molecule has 1 rings (SSSR count). The van der Waals surface area contributed by atoms with Crippen molar-refractivity contribution < 1.29 is 13.5 Å². The third-order valence-corrected chi connectivity index (χ3v) is 1.72. The van der Waals surface area contributed by atoms with Crippen LogP contribution in [0, 0.1) is 0 Å². The van der Waals surface area contributed by atoms with Crippen LogP contribution >= 0.6 is 0 Å². The van der Waals surface area contributed by atoms with E-state index in [-0.39, 0.29) is 6.04 Å². The molecule has 0 saturated carbocycles. The molecule has 2 atom stereocenters. The minimum atomic E-state index is -2.14. The molecule has 0 aliphatic carbocycles. The van der Waals surface area contributed by atoms with E-state index in [1.54, 1.807) is 0 Å². The summed E-state index contributed by atoms with van der Waals surface area (Å²) in [6, 6.07) is 0.00309. The van der Waals surface area contributed by atoms with E-state index < -0.39 is 11.3 Å². The Balaban J connectivity index is 2.19. The molecule has 5 heteroatoms. The molecule has 0 aromatic rings. The highest BCUT2D eigenvalue weighted by atomic mass is 32.2. The van der Waals surface area contributed by atoms with Crippen molar-refractivity contribution in [1.82, 2.24) is 4.72 Å². The Morgan fingerprint density at radius 3 is 3.00 bits per heavy atom. The molecule has 1 aliphatic rings. The lowest BCUT2D eigenvalue weighted by atomic mass is 10.3. The van der Waals surface area contributed by atoms with Crippen molar-refractivity contribution >= 4 is 11.3 Å². The van der Waals surface area contributed by atoms with Crippen molar-refractivity contribution in [2.75, 3.05) is 13.2 Å². The number of rotatable bonds is 2. The van der Waals surface area contributed by atoms with Crippen LogP contribution in [0.5, 0.6) is 0 Å². The lowest BCUT2D eigenvalue weighted by molar-refractivity contribution is 0.192. The first-order chi connectivity index (χ1) is 4.29. The first-order valence-electron chi connectivity index (χ1n) is 2.72. The number of hydrogen-bond donors (Lipinski definition) is 1. The molecule has 1 fully saturated rings. The highest BCUT2D eigenvalue weighted by molar-refractivity contribution is 7.77. The van der Waals surface area contributed by atoms with Crippen molar-refractivity contribution in [3.8, 4) is 0 Å². The summed E-state index contributed by atoms with van der Waals surface area (Å²) in [5.74, 6) is 0. The normalized spacial score (nSPS) is 30.6. The molecule has 0 amide bonds. The van der Waals surface area contributed by atoms with Gasteiger partial charge in [0.05, 0.1) is 6.61 Å². The van der Waals surface area contributed by atoms with Gasteiger partial charge in [-0.25, -0.2) is 4.72 Å². The van der Waals surface area contributed by atoms with Crippen molar-refractivity contribution in [3.63, 3.8) is 0 Å². The first kappa shape index (κ1) is 7.14. The van der Waals surface area contributed by atoms with Gasteiger partial charge in [0.15, 0.2) is 0 Å². The van der Waals surface area contributed by atoms with Crippen LogP contribution < -0.4 is 4.72 Å². The molecule has 0 aromatic heterocycles. The third-order valence-electron chi connectivity index (χ3n) is 1.19. The molecule has 0 spiro atoms. The molecular weight excluding hydrogens is 142 g/mol. The molecule has 0 radical (unpaired) electrons. The fraction of sp³-hybridized carbons (Fsp3) is 1.00. The standard InChI is InChI=1S/C4H9NO3S/c6-9(7)5-4-1-2-8-3-4/h4-5H,1-3H2,(H,6,7)/p-1. The summed E-state index contributed by atoms with van der Waals surface area (Å²) in [6.07, 6.45) is 0.786. The van der Waals surface area contributed by atoms with E-state index in [9.17, 15) is 8.76 Å². The molecule has 0 bridgehead atoms. The van der Waals surface area contributed by atoms with Gasteiger partial charge in [0.25, 0.3) is 0 Å². The smallest absolute Gasteiger partial charge is 0.0629 e. The second-order valence-corrected chi connectivity index (χ2v) is 2.62. The topological polar surface area (TPSA) is 61.4 Å². The Bertz CT molecular complexity index is 112. The van der Waals surface area contributed by atoms with E-state index in [1.165, 1.54) is 0 Å². The van der Waals surface area contributed by atoms with Gasteiger partial charge in [-0.1, -0.05) is 0 Å². The monoisotopic (exact) mass is 150 g/mol. The van der Waals surface area contributed by atoms with E-state index in [0.29, 0.717) is 13.2 Å². The van der Waals surface area contributed by atoms with E-state index in [0.717, 1.165) is 6.42 Å². The first-order valence-corrected chi connectivity index (χ1v) is 3.79. The van der Waals surface area contributed by atoms with Gasteiger partial charge >= 0.3 is 0 Å². The summed E-state index contributed by atoms with van der Waals surface area (Å²) in [5, 5.41) is 0. The number of hydrogen-bond acceptors (Lipinski definition) is 3. The van der Waals surface area contributed by atoms with E-state index in [1.807, 2.05) is 0 Å². The minimum Gasteiger partial charge on any atom is -0.760 e. The quantitative estimate of drug-likeness (QED) is 0.522. The van der Waals surface area contributed by atoms with Crippen LogP contribution in [0.2, 0.25) is 0 Å². The lowest BCUT2D eigenvalue weighted by Crippen LogP contribution is -2.30. The van der Waals surface area contributed by atoms with Crippen LogP contribution in [0.25, 0.3) is 0 Å². The second kappa shape index (κ2) is 3.26. The molecule has 4 nitrogen and oxygen atoms in total. The van der Waals surface area contributed by atoms with E-state index >= 15 is 0 Å². The van der Waals surface area contributed by atoms with Gasteiger partial charge in [-0.15, -0.1) is 0 Å². The van der Waals surface area contributed by atoms with Gasteiger partial charge in [0.2, 0.25) is 0 Å². The maximum Gasteiger partial charge on any atom is 0.0629 e. The van der Waals surface area contributed by atoms with Crippen LogP contribution in [0.1, 0.15) is 6.42 Å². The Labute approximate surface area is 56.0 Å².